The van der Waals surface area contributed by atoms with Crippen LogP contribution in [0.3, 0.4) is 0 Å². The zero-order valence-electron chi connectivity index (χ0n) is 7.18. The van der Waals surface area contributed by atoms with Crippen molar-refractivity contribution >= 4 is 22.6 Å². The van der Waals surface area contributed by atoms with Crippen molar-refractivity contribution in [3.05, 3.63) is 0 Å². The predicted octanol–water partition coefficient (Wildman–Crippen LogP) is 3.02. The lowest BCUT2D eigenvalue weighted by molar-refractivity contribution is -0.0134. The van der Waals surface area contributed by atoms with Gasteiger partial charge in [0.2, 0.25) is 0 Å². The predicted molar refractivity (Wildman–Crippen MR) is 56.3 cm³/mol. The van der Waals surface area contributed by atoms with Gasteiger partial charge in [0, 0.05) is 4.43 Å². The molecule has 1 aliphatic heterocycles. The first-order valence-electron chi connectivity index (χ1n) is 4.54. The van der Waals surface area contributed by atoms with E-state index in [1.165, 1.54) is 30.1 Å². The highest BCUT2D eigenvalue weighted by molar-refractivity contribution is 14.1. The van der Waals surface area contributed by atoms with Gasteiger partial charge in [-0.3, -0.25) is 0 Å². The van der Waals surface area contributed by atoms with Crippen molar-refractivity contribution in [3.63, 3.8) is 0 Å². The van der Waals surface area contributed by atoms with Crippen LogP contribution >= 0.6 is 22.6 Å². The van der Waals surface area contributed by atoms with E-state index in [0.29, 0.717) is 6.10 Å². The Labute approximate surface area is 83.0 Å². The van der Waals surface area contributed by atoms with Crippen LogP contribution in [0.4, 0.5) is 0 Å². The number of rotatable bonds is 3. The quantitative estimate of drug-likeness (QED) is 0.564. The van der Waals surface area contributed by atoms with E-state index < -0.39 is 0 Å². The number of hydrogen-bond acceptors (Lipinski definition) is 1. The Morgan fingerprint density at radius 1 is 1.45 bits per heavy atom. The summed E-state index contributed by atoms with van der Waals surface area (Å²) in [5, 5.41) is 0. The standard InChI is InChI=1S/C9H17IO/c1-2-3-9-5-4-8(6-10)7-11-9/h8-9H,2-7H2,1H3. The maximum atomic E-state index is 5.72. The number of hydrogen-bond donors (Lipinski definition) is 0. The van der Waals surface area contributed by atoms with Gasteiger partial charge < -0.3 is 4.74 Å². The molecular formula is C9H17IO. The Morgan fingerprint density at radius 3 is 2.73 bits per heavy atom. The highest BCUT2D eigenvalue weighted by atomic mass is 127. The van der Waals surface area contributed by atoms with Gasteiger partial charge in [0.15, 0.2) is 0 Å². The molecule has 11 heavy (non-hydrogen) atoms. The molecule has 0 aromatic carbocycles. The van der Waals surface area contributed by atoms with Gasteiger partial charge in [-0.25, -0.2) is 0 Å². The Morgan fingerprint density at radius 2 is 2.27 bits per heavy atom. The smallest absolute Gasteiger partial charge is 0.0575 e. The third-order valence-corrected chi connectivity index (χ3v) is 3.54. The Bertz CT molecular complexity index is 97.7. The molecule has 0 aromatic heterocycles. The molecule has 0 saturated carbocycles. The van der Waals surface area contributed by atoms with E-state index in [-0.39, 0.29) is 0 Å². The normalized spacial score (nSPS) is 32.2. The van der Waals surface area contributed by atoms with Crippen LogP contribution in [0.1, 0.15) is 32.6 Å². The fraction of sp³-hybridized carbons (Fsp3) is 1.00. The molecule has 66 valence electrons. The molecular weight excluding hydrogens is 251 g/mol. The number of alkyl halides is 1. The van der Waals surface area contributed by atoms with Crippen LogP contribution in [0.15, 0.2) is 0 Å². The maximum absolute atomic E-state index is 5.72. The third kappa shape index (κ3) is 3.28. The van der Waals surface area contributed by atoms with Crippen molar-refractivity contribution in [2.24, 2.45) is 5.92 Å². The highest BCUT2D eigenvalue weighted by Crippen LogP contribution is 2.22. The zero-order chi connectivity index (χ0) is 8.10. The van der Waals surface area contributed by atoms with Crippen LogP contribution in [-0.4, -0.2) is 17.1 Å². The second-order valence-corrected chi connectivity index (χ2v) is 4.22. The van der Waals surface area contributed by atoms with Crippen LogP contribution < -0.4 is 0 Å². The summed E-state index contributed by atoms with van der Waals surface area (Å²) in [5.41, 5.74) is 0. The number of ether oxygens (including phenoxy) is 1. The number of halogens is 1. The Balaban J connectivity index is 2.14. The molecule has 1 saturated heterocycles. The van der Waals surface area contributed by atoms with Gasteiger partial charge in [0.05, 0.1) is 12.7 Å². The fourth-order valence-corrected chi connectivity index (χ4v) is 2.23. The summed E-state index contributed by atoms with van der Waals surface area (Å²) in [6.07, 6.45) is 5.78. The van der Waals surface area contributed by atoms with Gasteiger partial charge >= 0.3 is 0 Å². The second kappa shape index (κ2) is 5.36. The summed E-state index contributed by atoms with van der Waals surface area (Å²) in [5.74, 6) is 0.837. The Kier molecular flexibility index (Phi) is 4.76. The first-order chi connectivity index (χ1) is 5.36. The van der Waals surface area contributed by atoms with E-state index in [9.17, 15) is 0 Å². The van der Waals surface area contributed by atoms with Gasteiger partial charge in [-0.2, -0.15) is 0 Å². The molecule has 1 heterocycles. The van der Waals surface area contributed by atoms with Crippen LogP contribution in [0, 0.1) is 5.92 Å². The molecule has 1 nitrogen and oxygen atoms in total. The molecule has 0 spiro atoms. The molecule has 0 aromatic rings. The van der Waals surface area contributed by atoms with Crippen LogP contribution in [0.5, 0.6) is 0 Å². The molecule has 2 unspecified atom stereocenters. The molecule has 1 rings (SSSR count). The van der Waals surface area contributed by atoms with Gasteiger partial charge in [-0.15, -0.1) is 0 Å². The Hall–Kier alpha value is 0.690. The van der Waals surface area contributed by atoms with E-state index in [2.05, 4.69) is 29.5 Å². The van der Waals surface area contributed by atoms with Crippen LogP contribution in [0.25, 0.3) is 0 Å². The summed E-state index contributed by atoms with van der Waals surface area (Å²) in [7, 11) is 0. The van der Waals surface area contributed by atoms with Crippen molar-refractivity contribution in [1.29, 1.82) is 0 Å². The highest BCUT2D eigenvalue weighted by Gasteiger charge is 2.19. The first kappa shape index (κ1) is 9.78. The molecule has 2 heteroatoms. The zero-order valence-corrected chi connectivity index (χ0v) is 9.34. The van der Waals surface area contributed by atoms with Gasteiger partial charge in [0.1, 0.15) is 0 Å². The van der Waals surface area contributed by atoms with E-state index in [4.69, 9.17) is 4.74 Å². The summed E-state index contributed by atoms with van der Waals surface area (Å²) in [6.45, 7) is 3.24. The second-order valence-electron chi connectivity index (χ2n) is 3.34. The van der Waals surface area contributed by atoms with Crippen molar-refractivity contribution in [1.82, 2.24) is 0 Å². The van der Waals surface area contributed by atoms with E-state index in [1.54, 1.807) is 0 Å². The largest absolute Gasteiger partial charge is 0.378 e. The van der Waals surface area contributed by atoms with Crippen LogP contribution in [-0.2, 0) is 4.74 Å². The lowest BCUT2D eigenvalue weighted by Gasteiger charge is -2.27. The van der Waals surface area contributed by atoms with Crippen molar-refractivity contribution in [2.45, 2.75) is 38.7 Å². The molecule has 0 radical (unpaired) electrons. The van der Waals surface area contributed by atoms with Gasteiger partial charge in [-0.05, 0) is 25.2 Å². The topological polar surface area (TPSA) is 9.23 Å². The average Bonchev–Trinajstić information content (AvgIpc) is 2.07. The molecule has 0 N–H and O–H groups in total. The first-order valence-corrected chi connectivity index (χ1v) is 6.07. The van der Waals surface area contributed by atoms with E-state index >= 15 is 0 Å². The fourth-order valence-electron chi connectivity index (χ4n) is 1.53. The molecule has 2 atom stereocenters. The molecule has 1 aliphatic rings. The van der Waals surface area contributed by atoms with E-state index in [1.807, 2.05) is 0 Å². The molecule has 0 bridgehead atoms. The summed E-state index contributed by atoms with van der Waals surface area (Å²) in [4.78, 5) is 0. The lowest BCUT2D eigenvalue weighted by Crippen LogP contribution is -2.26. The SMILES string of the molecule is CCCC1CCC(CI)CO1. The van der Waals surface area contributed by atoms with E-state index in [0.717, 1.165) is 12.5 Å². The molecule has 0 amide bonds. The molecule has 1 fully saturated rings. The third-order valence-electron chi connectivity index (χ3n) is 2.29. The average molecular weight is 268 g/mol. The summed E-state index contributed by atoms with van der Waals surface area (Å²) < 4.78 is 6.98. The minimum Gasteiger partial charge on any atom is -0.378 e. The van der Waals surface area contributed by atoms with Gasteiger partial charge in [0.25, 0.3) is 0 Å². The van der Waals surface area contributed by atoms with Crippen molar-refractivity contribution < 1.29 is 4.74 Å². The summed E-state index contributed by atoms with van der Waals surface area (Å²) in [6, 6.07) is 0. The van der Waals surface area contributed by atoms with Crippen LogP contribution in [0.2, 0.25) is 0 Å². The van der Waals surface area contributed by atoms with Crippen molar-refractivity contribution in [3.8, 4) is 0 Å². The minimum absolute atomic E-state index is 0.583. The monoisotopic (exact) mass is 268 g/mol. The summed E-state index contributed by atoms with van der Waals surface area (Å²) >= 11 is 2.46. The van der Waals surface area contributed by atoms with Crippen molar-refractivity contribution in [2.75, 3.05) is 11.0 Å². The van der Waals surface area contributed by atoms with Gasteiger partial charge in [-0.1, -0.05) is 35.9 Å². The maximum Gasteiger partial charge on any atom is 0.0575 e. The lowest BCUT2D eigenvalue weighted by atomic mass is 9.98. The minimum atomic E-state index is 0.583. The molecule has 0 aliphatic carbocycles.